The van der Waals surface area contributed by atoms with Crippen LogP contribution >= 0.6 is 0 Å². The van der Waals surface area contributed by atoms with E-state index >= 15 is 0 Å². The molecule has 0 N–H and O–H groups in total. The molecule has 6 rings (SSSR count). The third-order valence-electron chi connectivity index (χ3n) is 9.14. The molecule has 44 heavy (non-hydrogen) atoms. The molecule has 1 aromatic carbocycles. The lowest BCUT2D eigenvalue weighted by atomic mass is 9.87. The van der Waals surface area contributed by atoms with Gasteiger partial charge in [-0.3, -0.25) is 14.5 Å². The average molecular weight is 608 g/mol. The molecule has 1 spiro atoms. The molecule has 0 bridgehead atoms. The Labute approximate surface area is 251 Å². The van der Waals surface area contributed by atoms with Crippen molar-refractivity contribution in [1.82, 2.24) is 29.5 Å². The number of likely N-dealkylation sites (N-methyl/N-ethyl adjacent to an activating group) is 1. The zero-order valence-electron chi connectivity index (χ0n) is 24.5. The average Bonchev–Trinajstić information content (AvgIpc) is 3.36. The van der Waals surface area contributed by atoms with E-state index in [4.69, 9.17) is 4.98 Å². The summed E-state index contributed by atoms with van der Waals surface area (Å²) in [5.41, 5.74) is -2.22. The van der Waals surface area contributed by atoms with Crippen LogP contribution in [0.1, 0.15) is 30.4 Å². The fourth-order valence-electron chi connectivity index (χ4n) is 6.76. The lowest BCUT2D eigenvalue weighted by molar-refractivity contribution is -0.138. The molecule has 14 heteroatoms. The van der Waals surface area contributed by atoms with E-state index in [1.807, 2.05) is 9.80 Å². The van der Waals surface area contributed by atoms with E-state index in [9.17, 15) is 28.0 Å². The van der Waals surface area contributed by atoms with Crippen molar-refractivity contribution in [2.75, 3.05) is 56.1 Å². The standard InChI is InChI=1S/C30H32F3N9O2/c1-4-23(43)41-14-13-39(16-20(41)9-11-34)26-21-15-35-42(22-8-5-7-19(2)24(22)30(31,32)33)27(44)25(21)36-28(37-26)40-17-29(18-40)10-6-12-38(29)3/h4-5,7-8,15,20H,1,6,9-10,12-14,16-18H2,2-3H3/t20-/m0/s1. The summed E-state index contributed by atoms with van der Waals surface area (Å²) in [6.07, 6.45) is 0.00438. The number of piperazine rings is 1. The topological polar surface area (TPSA) is 114 Å². The first kappa shape index (κ1) is 29.6. The van der Waals surface area contributed by atoms with E-state index in [0.29, 0.717) is 37.9 Å². The number of hydrogen-bond donors (Lipinski definition) is 0. The smallest absolute Gasteiger partial charge is 0.352 e. The zero-order chi connectivity index (χ0) is 31.4. The molecule has 3 aromatic rings. The molecule has 0 radical (unpaired) electrons. The van der Waals surface area contributed by atoms with Crippen LogP contribution in [0.4, 0.5) is 24.9 Å². The summed E-state index contributed by atoms with van der Waals surface area (Å²) in [5.74, 6) is 0.402. The summed E-state index contributed by atoms with van der Waals surface area (Å²) in [5, 5.41) is 13.9. The van der Waals surface area contributed by atoms with Gasteiger partial charge in [-0.05, 0) is 51.1 Å². The monoisotopic (exact) mass is 607 g/mol. The molecule has 0 unspecified atom stereocenters. The highest BCUT2D eigenvalue weighted by Gasteiger charge is 2.49. The molecule has 3 aliphatic heterocycles. The molecule has 5 heterocycles. The number of carbonyl (C=O) groups is 1. The number of hydrogen-bond acceptors (Lipinski definition) is 9. The number of nitrogens with zero attached hydrogens (tertiary/aromatic N) is 9. The van der Waals surface area contributed by atoms with Gasteiger partial charge in [0.1, 0.15) is 11.3 Å². The third kappa shape index (κ3) is 4.85. The van der Waals surface area contributed by atoms with Gasteiger partial charge < -0.3 is 14.7 Å². The first-order chi connectivity index (χ1) is 21.0. The Morgan fingerprint density at radius 2 is 1.98 bits per heavy atom. The Morgan fingerprint density at radius 3 is 2.64 bits per heavy atom. The Hall–Kier alpha value is -4.51. The highest BCUT2D eigenvalue weighted by molar-refractivity contribution is 5.90. The van der Waals surface area contributed by atoms with Gasteiger partial charge in [0.15, 0.2) is 0 Å². The van der Waals surface area contributed by atoms with Gasteiger partial charge in [0, 0.05) is 32.7 Å². The third-order valence-corrected chi connectivity index (χ3v) is 9.14. The number of benzene rings is 1. The number of carbonyl (C=O) groups excluding carboxylic acids is 1. The minimum atomic E-state index is -4.71. The Morgan fingerprint density at radius 1 is 1.20 bits per heavy atom. The fourth-order valence-corrected chi connectivity index (χ4v) is 6.76. The van der Waals surface area contributed by atoms with Crippen LogP contribution in [0, 0.1) is 18.3 Å². The van der Waals surface area contributed by atoms with Crippen LogP contribution in [0.25, 0.3) is 16.6 Å². The lowest BCUT2D eigenvalue weighted by Gasteiger charge is -2.52. The summed E-state index contributed by atoms with van der Waals surface area (Å²) in [7, 11) is 2.08. The van der Waals surface area contributed by atoms with Crippen LogP contribution in [0.15, 0.2) is 41.8 Å². The molecule has 3 fully saturated rings. The van der Waals surface area contributed by atoms with Crippen molar-refractivity contribution in [3.8, 4) is 11.8 Å². The number of aromatic nitrogens is 4. The maximum absolute atomic E-state index is 14.1. The molecule has 1 atom stereocenters. The van der Waals surface area contributed by atoms with Crippen LogP contribution in [-0.4, -0.2) is 93.4 Å². The Balaban J connectivity index is 1.48. The van der Waals surface area contributed by atoms with Gasteiger partial charge in [-0.25, -0.2) is 4.98 Å². The Bertz CT molecular complexity index is 1740. The van der Waals surface area contributed by atoms with Crippen LogP contribution < -0.4 is 15.4 Å². The number of rotatable bonds is 5. The van der Waals surface area contributed by atoms with Crippen molar-refractivity contribution in [3.05, 3.63) is 58.5 Å². The highest BCUT2D eigenvalue weighted by atomic mass is 19.4. The zero-order valence-corrected chi connectivity index (χ0v) is 24.5. The molecule has 11 nitrogen and oxygen atoms in total. The predicted molar refractivity (Wildman–Crippen MR) is 158 cm³/mol. The van der Waals surface area contributed by atoms with E-state index in [1.54, 1.807) is 4.90 Å². The van der Waals surface area contributed by atoms with Crippen molar-refractivity contribution >= 4 is 28.6 Å². The van der Waals surface area contributed by atoms with Gasteiger partial charge in [0.25, 0.3) is 5.56 Å². The first-order valence-corrected chi connectivity index (χ1v) is 14.5. The number of nitriles is 1. The van der Waals surface area contributed by atoms with Crippen molar-refractivity contribution in [2.24, 2.45) is 0 Å². The lowest BCUT2D eigenvalue weighted by Crippen LogP contribution is -2.67. The molecular weight excluding hydrogens is 575 g/mol. The first-order valence-electron chi connectivity index (χ1n) is 14.5. The predicted octanol–water partition coefficient (Wildman–Crippen LogP) is 2.90. The van der Waals surface area contributed by atoms with Crippen LogP contribution in [0.5, 0.6) is 0 Å². The van der Waals surface area contributed by atoms with Gasteiger partial charge in [0.05, 0.1) is 46.9 Å². The summed E-state index contributed by atoms with van der Waals surface area (Å²) in [4.78, 5) is 43.8. The number of amides is 1. The second-order valence-electron chi connectivity index (χ2n) is 11.7. The van der Waals surface area contributed by atoms with E-state index in [2.05, 4.69) is 34.7 Å². The molecule has 1 amide bonds. The molecule has 230 valence electrons. The molecule has 0 saturated carbocycles. The normalized spacial score (nSPS) is 20.2. The summed E-state index contributed by atoms with van der Waals surface area (Å²) >= 11 is 0. The summed E-state index contributed by atoms with van der Waals surface area (Å²) in [6, 6.07) is 5.69. The maximum Gasteiger partial charge on any atom is 0.418 e. The second-order valence-corrected chi connectivity index (χ2v) is 11.7. The van der Waals surface area contributed by atoms with Crippen LogP contribution in [0.3, 0.4) is 0 Å². The highest BCUT2D eigenvalue weighted by Crippen LogP contribution is 2.39. The number of halogens is 3. The van der Waals surface area contributed by atoms with Crippen molar-refractivity contribution in [2.45, 2.75) is 43.9 Å². The molecule has 3 saturated heterocycles. The van der Waals surface area contributed by atoms with Gasteiger partial charge in [-0.15, -0.1) is 0 Å². The van der Waals surface area contributed by atoms with Crippen LogP contribution in [-0.2, 0) is 11.0 Å². The summed E-state index contributed by atoms with van der Waals surface area (Å²) in [6.45, 7) is 8.09. The SMILES string of the molecule is C=CC(=O)N1CCN(c2nc(N3CC4(CCCN4C)C3)nc3c(=O)n(-c4cccc(C)c4C(F)(F)F)ncc23)C[C@@H]1CC#N. The van der Waals surface area contributed by atoms with E-state index in [0.717, 1.165) is 24.1 Å². The molecular formula is C30H32F3N9O2. The molecule has 2 aromatic heterocycles. The fraction of sp³-hybridized carbons (Fsp3) is 0.467. The van der Waals surface area contributed by atoms with Gasteiger partial charge in [0.2, 0.25) is 11.9 Å². The Kier molecular flexibility index (Phi) is 7.31. The van der Waals surface area contributed by atoms with Crippen molar-refractivity contribution < 1.29 is 18.0 Å². The van der Waals surface area contributed by atoms with Crippen molar-refractivity contribution in [1.29, 1.82) is 5.26 Å². The quantitative estimate of drug-likeness (QED) is 0.404. The number of fused-ring (bicyclic) bond motifs is 1. The van der Waals surface area contributed by atoms with Gasteiger partial charge in [-0.1, -0.05) is 18.7 Å². The number of anilines is 2. The number of alkyl halides is 3. The van der Waals surface area contributed by atoms with Gasteiger partial charge >= 0.3 is 6.18 Å². The van der Waals surface area contributed by atoms with Crippen molar-refractivity contribution in [3.63, 3.8) is 0 Å². The second kappa shape index (κ2) is 10.9. The number of likely N-dealkylation sites (tertiary alicyclic amines) is 1. The number of aryl methyl sites for hydroxylation is 1. The largest absolute Gasteiger partial charge is 0.418 e. The maximum atomic E-state index is 14.1. The van der Waals surface area contributed by atoms with E-state index < -0.39 is 23.3 Å². The minimum Gasteiger partial charge on any atom is -0.352 e. The minimum absolute atomic E-state index is 0.00529. The van der Waals surface area contributed by atoms with E-state index in [-0.39, 0.29) is 46.6 Å². The molecule has 0 aliphatic carbocycles. The molecule has 3 aliphatic rings. The van der Waals surface area contributed by atoms with E-state index in [1.165, 1.54) is 37.4 Å². The summed E-state index contributed by atoms with van der Waals surface area (Å²) < 4.78 is 43.1. The van der Waals surface area contributed by atoms with Crippen LogP contribution in [0.2, 0.25) is 0 Å². The van der Waals surface area contributed by atoms with Gasteiger partial charge in [-0.2, -0.15) is 33.2 Å².